The Bertz CT molecular complexity index is 464. The number of hydrogen-bond acceptors (Lipinski definition) is 6. The molecule has 0 aromatic carbocycles. The van der Waals surface area contributed by atoms with Gasteiger partial charge in [-0.1, -0.05) is 11.6 Å². The van der Waals surface area contributed by atoms with Crippen molar-refractivity contribution in [2.24, 2.45) is 0 Å². The number of ether oxygens (including phenoxy) is 1. The second-order valence-electron chi connectivity index (χ2n) is 5.39. The third-order valence-electron chi connectivity index (χ3n) is 2.62. The van der Waals surface area contributed by atoms with E-state index in [0.29, 0.717) is 5.02 Å². The minimum Gasteiger partial charge on any atom is -0.455 e. The number of nitrogens with zero attached hydrogens (tertiary/aromatic N) is 2. The van der Waals surface area contributed by atoms with Gasteiger partial charge in [-0.05, 0) is 32.3 Å². The number of piperazine rings is 1. The molecule has 1 N–H and O–H groups in total. The van der Waals surface area contributed by atoms with Crippen LogP contribution < -0.4 is 10.2 Å². The van der Waals surface area contributed by atoms with Crippen LogP contribution >= 0.6 is 23.1 Å². The summed E-state index contributed by atoms with van der Waals surface area (Å²) in [6.45, 7) is 9.03. The molecule has 7 heteroatoms. The highest BCUT2D eigenvalue weighted by Crippen LogP contribution is 2.34. The molecule has 2 rings (SSSR count). The summed E-state index contributed by atoms with van der Waals surface area (Å²) >= 11 is 7.52. The van der Waals surface area contributed by atoms with Gasteiger partial charge in [0.15, 0.2) is 5.69 Å². The molecular weight excluding hydrogens is 286 g/mol. The second kappa shape index (κ2) is 5.64. The van der Waals surface area contributed by atoms with Crippen LogP contribution in [0.5, 0.6) is 0 Å². The average Bonchev–Trinajstić information content (AvgIpc) is 2.70. The monoisotopic (exact) mass is 303 g/mol. The Morgan fingerprint density at radius 2 is 2.05 bits per heavy atom. The van der Waals surface area contributed by atoms with Crippen molar-refractivity contribution in [2.45, 2.75) is 26.4 Å². The molecule has 1 aromatic rings. The molecule has 0 radical (unpaired) electrons. The van der Waals surface area contributed by atoms with E-state index in [1.165, 1.54) is 11.5 Å². The molecule has 0 unspecified atom stereocenters. The fraction of sp³-hybridized carbons (Fsp3) is 0.667. The lowest BCUT2D eigenvalue weighted by atomic mass is 10.2. The molecule has 5 nitrogen and oxygen atoms in total. The van der Waals surface area contributed by atoms with Crippen LogP contribution in [0.2, 0.25) is 5.02 Å². The summed E-state index contributed by atoms with van der Waals surface area (Å²) in [6.07, 6.45) is 0. The van der Waals surface area contributed by atoms with Gasteiger partial charge in [0.05, 0.1) is 0 Å². The van der Waals surface area contributed by atoms with E-state index in [1.807, 2.05) is 20.8 Å². The van der Waals surface area contributed by atoms with Crippen LogP contribution in [0.1, 0.15) is 31.3 Å². The molecule has 0 aliphatic carbocycles. The lowest BCUT2D eigenvalue weighted by Crippen LogP contribution is -2.43. The molecule has 0 amide bonds. The number of aromatic nitrogens is 1. The summed E-state index contributed by atoms with van der Waals surface area (Å²) in [5.74, 6) is -0.463. The van der Waals surface area contributed by atoms with E-state index in [9.17, 15) is 4.79 Å². The van der Waals surface area contributed by atoms with Crippen molar-refractivity contribution in [3.05, 3.63) is 10.7 Å². The summed E-state index contributed by atoms with van der Waals surface area (Å²) in [5.41, 5.74) is -0.325. The minimum absolute atomic E-state index is 0.218. The topological polar surface area (TPSA) is 54.5 Å². The number of nitrogens with one attached hydrogen (secondary N) is 1. The molecule has 0 atom stereocenters. The number of hydrogen-bond donors (Lipinski definition) is 1. The lowest BCUT2D eigenvalue weighted by Gasteiger charge is -2.27. The van der Waals surface area contributed by atoms with Crippen LogP contribution in [-0.4, -0.2) is 42.1 Å². The zero-order valence-electron chi connectivity index (χ0n) is 11.3. The first-order valence-corrected chi connectivity index (χ1v) is 7.38. The third kappa shape index (κ3) is 3.58. The summed E-state index contributed by atoms with van der Waals surface area (Å²) in [6, 6.07) is 0. The number of halogens is 1. The Labute approximate surface area is 122 Å². The molecule has 1 aliphatic heterocycles. The quantitative estimate of drug-likeness (QED) is 0.849. The average molecular weight is 304 g/mol. The Morgan fingerprint density at radius 1 is 1.42 bits per heavy atom. The largest absolute Gasteiger partial charge is 0.455 e. The van der Waals surface area contributed by atoms with Crippen LogP contribution in [0.25, 0.3) is 0 Å². The zero-order valence-corrected chi connectivity index (χ0v) is 12.9. The molecular formula is C12H18ClN3O2S. The van der Waals surface area contributed by atoms with Gasteiger partial charge in [0.1, 0.15) is 15.6 Å². The highest BCUT2D eigenvalue weighted by atomic mass is 35.5. The van der Waals surface area contributed by atoms with E-state index < -0.39 is 11.6 Å². The Morgan fingerprint density at radius 3 is 2.63 bits per heavy atom. The van der Waals surface area contributed by atoms with Gasteiger partial charge in [0, 0.05) is 26.2 Å². The molecule has 1 saturated heterocycles. The van der Waals surface area contributed by atoms with Gasteiger partial charge in [-0.15, -0.1) is 0 Å². The summed E-state index contributed by atoms with van der Waals surface area (Å²) in [5, 5.41) is 4.53. The van der Waals surface area contributed by atoms with E-state index in [-0.39, 0.29) is 5.69 Å². The summed E-state index contributed by atoms with van der Waals surface area (Å²) in [4.78, 5) is 14.1. The van der Waals surface area contributed by atoms with Gasteiger partial charge < -0.3 is 15.0 Å². The van der Waals surface area contributed by atoms with Gasteiger partial charge in [0.2, 0.25) is 0 Å². The highest BCUT2D eigenvalue weighted by Gasteiger charge is 2.26. The van der Waals surface area contributed by atoms with Gasteiger partial charge >= 0.3 is 5.97 Å². The Hall–Kier alpha value is -0.850. The maximum Gasteiger partial charge on any atom is 0.360 e. The highest BCUT2D eigenvalue weighted by molar-refractivity contribution is 7.11. The van der Waals surface area contributed by atoms with Gasteiger partial charge in [-0.2, -0.15) is 4.37 Å². The SMILES string of the molecule is CC(C)(C)OC(=O)c1nsc(N2CCNCC2)c1Cl. The molecule has 0 bridgehead atoms. The van der Waals surface area contributed by atoms with Crippen molar-refractivity contribution in [1.82, 2.24) is 9.69 Å². The first-order chi connectivity index (χ1) is 8.88. The lowest BCUT2D eigenvalue weighted by molar-refractivity contribution is 0.00645. The number of carbonyl (C=O) groups is 1. The molecule has 19 heavy (non-hydrogen) atoms. The number of rotatable bonds is 2. The molecule has 106 valence electrons. The zero-order chi connectivity index (χ0) is 14.0. The van der Waals surface area contributed by atoms with Gasteiger partial charge in [-0.25, -0.2) is 4.79 Å². The van der Waals surface area contributed by atoms with Crippen molar-refractivity contribution >= 4 is 34.1 Å². The van der Waals surface area contributed by atoms with Crippen molar-refractivity contribution in [3.63, 3.8) is 0 Å². The number of esters is 1. The second-order valence-corrected chi connectivity index (χ2v) is 6.52. The molecule has 1 fully saturated rings. The summed E-state index contributed by atoms with van der Waals surface area (Å²) < 4.78 is 9.44. The normalized spacial score (nSPS) is 16.5. The number of carbonyl (C=O) groups excluding carboxylic acids is 1. The van der Waals surface area contributed by atoms with Crippen molar-refractivity contribution in [3.8, 4) is 0 Å². The summed E-state index contributed by atoms with van der Waals surface area (Å²) in [7, 11) is 0. The van der Waals surface area contributed by atoms with Crippen LogP contribution in [0, 0.1) is 0 Å². The van der Waals surface area contributed by atoms with Gasteiger partial charge in [0.25, 0.3) is 0 Å². The fourth-order valence-corrected chi connectivity index (χ4v) is 3.00. The Kier molecular flexibility index (Phi) is 4.32. The van der Waals surface area contributed by atoms with E-state index in [2.05, 4.69) is 14.6 Å². The molecule has 1 aromatic heterocycles. The van der Waals surface area contributed by atoms with Crippen molar-refractivity contribution in [1.29, 1.82) is 0 Å². The predicted octanol–water partition coefficient (Wildman–Crippen LogP) is 2.16. The molecule has 2 heterocycles. The van der Waals surface area contributed by atoms with E-state index in [4.69, 9.17) is 16.3 Å². The molecule has 1 aliphatic rings. The van der Waals surface area contributed by atoms with Crippen LogP contribution in [0.3, 0.4) is 0 Å². The van der Waals surface area contributed by atoms with Crippen molar-refractivity contribution < 1.29 is 9.53 Å². The maximum absolute atomic E-state index is 12.0. The smallest absolute Gasteiger partial charge is 0.360 e. The predicted molar refractivity (Wildman–Crippen MR) is 77.4 cm³/mol. The van der Waals surface area contributed by atoms with E-state index >= 15 is 0 Å². The fourth-order valence-electron chi connectivity index (χ4n) is 1.79. The third-order valence-corrected chi connectivity index (χ3v) is 3.99. The first-order valence-electron chi connectivity index (χ1n) is 6.22. The van der Waals surface area contributed by atoms with E-state index in [1.54, 1.807) is 0 Å². The van der Waals surface area contributed by atoms with Crippen LogP contribution in [-0.2, 0) is 4.74 Å². The van der Waals surface area contributed by atoms with Crippen molar-refractivity contribution in [2.75, 3.05) is 31.1 Å². The number of anilines is 1. The standard InChI is InChI=1S/C12H18ClN3O2S/c1-12(2,3)18-11(17)9-8(13)10(19-15-9)16-6-4-14-5-7-16/h14H,4-7H2,1-3H3. The molecule has 0 spiro atoms. The Balaban J connectivity index is 2.15. The minimum atomic E-state index is -0.542. The van der Waals surface area contributed by atoms with Gasteiger partial charge in [-0.3, -0.25) is 0 Å². The maximum atomic E-state index is 12.0. The molecule has 0 saturated carbocycles. The van der Waals surface area contributed by atoms with Crippen LogP contribution in [0.15, 0.2) is 0 Å². The van der Waals surface area contributed by atoms with E-state index in [0.717, 1.165) is 31.2 Å². The first kappa shape index (κ1) is 14.6. The van der Waals surface area contributed by atoms with Crippen LogP contribution in [0.4, 0.5) is 5.00 Å².